The number of nitrogens with one attached hydrogen (secondary N) is 1. The summed E-state index contributed by atoms with van der Waals surface area (Å²) in [5.41, 5.74) is 1.49. The number of rotatable bonds is 6. The molecular formula is C19H19NO4S. The van der Waals surface area contributed by atoms with E-state index in [1.807, 2.05) is 36.6 Å². The molecule has 0 saturated carbocycles. The molecule has 130 valence electrons. The Morgan fingerprint density at radius 2 is 2.16 bits per heavy atom. The van der Waals surface area contributed by atoms with Gasteiger partial charge in [-0.05, 0) is 42.5 Å². The minimum absolute atomic E-state index is 0.0815. The summed E-state index contributed by atoms with van der Waals surface area (Å²) in [7, 11) is 1.56. The quantitative estimate of drug-likeness (QED) is 0.687. The third kappa shape index (κ3) is 3.91. The number of carbonyl (C=O) groups is 1. The van der Waals surface area contributed by atoms with Gasteiger partial charge in [0.15, 0.2) is 0 Å². The second-order valence-corrected chi connectivity index (χ2v) is 6.74. The van der Waals surface area contributed by atoms with Crippen molar-refractivity contribution in [1.29, 1.82) is 0 Å². The first-order valence-electron chi connectivity index (χ1n) is 7.98. The van der Waals surface area contributed by atoms with E-state index in [9.17, 15) is 9.59 Å². The van der Waals surface area contributed by atoms with Crippen LogP contribution in [0.1, 0.15) is 22.4 Å². The second-order valence-electron chi connectivity index (χ2n) is 5.71. The van der Waals surface area contributed by atoms with Crippen LogP contribution in [0.15, 0.2) is 44.9 Å². The van der Waals surface area contributed by atoms with Gasteiger partial charge in [-0.3, -0.25) is 4.79 Å². The minimum atomic E-state index is -0.399. The van der Waals surface area contributed by atoms with Crippen molar-refractivity contribution in [3.8, 4) is 5.75 Å². The van der Waals surface area contributed by atoms with Crippen molar-refractivity contribution < 1.29 is 13.9 Å². The highest BCUT2D eigenvalue weighted by molar-refractivity contribution is 7.09. The van der Waals surface area contributed by atoms with Gasteiger partial charge in [0, 0.05) is 28.3 Å². The van der Waals surface area contributed by atoms with Crippen LogP contribution < -0.4 is 15.7 Å². The van der Waals surface area contributed by atoms with Gasteiger partial charge in [-0.15, -0.1) is 11.3 Å². The Labute approximate surface area is 149 Å². The number of aryl methyl sites for hydroxylation is 1. The van der Waals surface area contributed by atoms with Gasteiger partial charge in [0.25, 0.3) is 0 Å². The van der Waals surface area contributed by atoms with Crippen molar-refractivity contribution in [2.24, 2.45) is 0 Å². The molecule has 0 aliphatic heterocycles. The smallest absolute Gasteiger partial charge is 0.339 e. The maximum atomic E-state index is 12.3. The summed E-state index contributed by atoms with van der Waals surface area (Å²) in [6, 6.07) is 9.31. The fourth-order valence-electron chi connectivity index (χ4n) is 2.72. The lowest BCUT2D eigenvalue weighted by molar-refractivity contribution is -0.121. The van der Waals surface area contributed by atoms with Crippen LogP contribution in [-0.2, 0) is 17.8 Å². The molecule has 6 heteroatoms. The van der Waals surface area contributed by atoms with Crippen LogP contribution in [-0.4, -0.2) is 13.0 Å². The fourth-order valence-corrected chi connectivity index (χ4v) is 3.36. The number of fused-ring (bicyclic) bond motifs is 1. The highest BCUT2D eigenvalue weighted by Crippen LogP contribution is 2.24. The summed E-state index contributed by atoms with van der Waals surface area (Å²) >= 11 is 1.60. The van der Waals surface area contributed by atoms with Crippen molar-refractivity contribution in [1.82, 2.24) is 5.32 Å². The highest BCUT2D eigenvalue weighted by Gasteiger charge is 2.13. The second kappa shape index (κ2) is 7.53. The fraction of sp³-hybridized carbons (Fsp3) is 0.263. The molecule has 0 aliphatic rings. The van der Waals surface area contributed by atoms with E-state index in [-0.39, 0.29) is 12.3 Å². The SMILES string of the molecule is COc1ccc2c(C)c(CCC(=O)NCc3cccs3)c(=O)oc2c1. The van der Waals surface area contributed by atoms with E-state index in [2.05, 4.69) is 5.32 Å². The molecule has 2 heterocycles. The van der Waals surface area contributed by atoms with E-state index in [4.69, 9.17) is 9.15 Å². The average Bonchev–Trinajstić information content (AvgIpc) is 3.12. The molecule has 0 atom stereocenters. The number of ether oxygens (including phenoxy) is 1. The summed E-state index contributed by atoms with van der Waals surface area (Å²) in [5.74, 6) is 0.554. The lowest BCUT2D eigenvalue weighted by atomic mass is 10.0. The normalized spacial score (nSPS) is 10.8. The molecule has 25 heavy (non-hydrogen) atoms. The first kappa shape index (κ1) is 17.2. The molecule has 0 saturated heterocycles. The van der Waals surface area contributed by atoms with Crippen molar-refractivity contribution >= 4 is 28.2 Å². The Kier molecular flexibility index (Phi) is 5.19. The predicted octanol–water partition coefficient (Wildman–Crippen LogP) is 3.42. The zero-order valence-corrected chi connectivity index (χ0v) is 14.9. The van der Waals surface area contributed by atoms with E-state index >= 15 is 0 Å². The van der Waals surface area contributed by atoms with Crippen LogP contribution in [0.4, 0.5) is 0 Å². The Bertz CT molecular complexity index is 944. The molecule has 0 radical (unpaired) electrons. The van der Waals surface area contributed by atoms with Crippen molar-refractivity contribution in [2.75, 3.05) is 7.11 Å². The third-order valence-corrected chi connectivity index (χ3v) is 5.01. The standard InChI is InChI=1S/C19H19NO4S/c1-12-15-6-5-13(23-2)10-17(15)24-19(22)16(12)7-8-18(21)20-11-14-4-3-9-25-14/h3-6,9-10H,7-8,11H2,1-2H3,(H,20,21). The number of benzene rings is 1. The summed E-state index contributed by atoms with van der Waals surface area (Å²) in [4.78, 5) is 25.4. The molecule has 1 amide bonds. The lowest BCUT2D eigenvalue weighted by Crippen LogP contribution is -2.23. The number of carbonyl (C=O) groups excluding carboxylic acids is 1. The molecule has 0 unspecified atom stereocenters. The largest absolute Gasteiger partial charge is 0.497 e. The molecule has 1 aromatic carbocycles. The molecule has 3 rings (SSSR count). The molecule has 2 aromatic heterocycles. The van der Waals surface area contributed by atoms with Crippen LogP contribution in [0.2, 0.25) is 0 Å². The number of hydrogen-bond acceptors (Lipinski definition) is 5. The average molecular weight is 357 g/mol. The maximum Gasteiger partial charge on any atom is 0.339 e. The number of thiophene rings is 1. The predicted molar refractivity (Wildman–Crippen MR) is 98.3 cm³/mol. The minimum Gasteiger partial charge on any atom is -0.497 e. The zero-order valence-electron chi connectivity index (χ0n) is 14.1. The van der Waals surface area contributed by atoms with Gasteiger partial charge in [0.2, 0.25) is 5.91 Å². The van der Waals surface area contributed by atoms with Crippen molar-refractivity contribution in [2.45, 2.75) is 26.3 Å². The summed E-state index contributed by atoms with van der Waals surface area (Å²) in [6.07, 6.45) is 0.602. The van der Waals surface area contributed by atoms with Gasteiger partial charge >= 0.3 is 5.63 Å². The Morgan fingerprint density at radius 3 is 2.88 bits per heavy atom. The summed E-state index contributed by atoms with van der Waals surface area (Å²) in [6.45, 7) is 2.40. The molecule has 0 spiro atoms. The summed E-state index contributed by atoms with van der Waals surface area (Å²) < 4.78 is 10.6. The van der Waals surface area contributed by atoms with E-state index in [1.54, 1.807) is 24.5 Å². The van der Waals surface area contributed by atoms with Crippen molar-refractivity contribution in [3.05, 3.63) is 62.1 Å². The first-order valence-corrected chi connectivity index (χ1v) is 8.86. The van der Waals surface area contributed by atoms with E-state index < -0.39 is 5.63 Å². The monoisotopic (exact) mass is 357 g/mol. The maximum absolute atomic E-state index is 12.3. The topological polar surface area (TPSA) is 68.5 Å². The van der Waals surface area contributed by atoms with Gasteiger partial charge in [0.1, 0.15) is 11.3 Å². The molecule has 0 fully saturated rings. The molecule has 5 nitrogen and oxygen atoms in total. The Balaban J connectivity index is 1.72. The van der Waals surface area contributed by atoms with Gasteiger partial charge in [-0.25, -0.2) is 4.79 Å². The summed E-state index contributed by atoms with van der Waals surface area (Å²) in [5, 5.41) is 5.70. The van der Waals surface area contributed by atoms with Gasteiger partial charge in [-0.2, -0.15) is 0 Å². The third-order valence-electron chi connectivity index (χ3n) is 4.14. The van der Waals surface area contributed by atoms with E-state index in [0.29, 0.717) is 29.9 Å². The first-order chi connectivity index (χ1) is 12.1. The van der Waals surface area contributed by atoms with E-state index in [1.165, 1.54) is 0 Å². The van der Waals surface area contributed by atoms with Crippen LogP contribution in [0.3, 0.4) is 0 Å². The van der Waals surface area contributed by atoms with Crippen molar-refractivity contribution in [3.63, 3.8) is 0 Å². The molecular weight excluding hydrogens is 338 g/mol. The Morgan fingerprint density at radius 1 is 1.32 bits per heavy atom. The highest BCUT2D eigenvalue weighted by atomic mass is 32.1. The molecule has 0 bridgehead atoms. The number of methoxy groups -OCH3 is 1. The van der Waals surface area contributed by atoms with E-state index in [0.717, 1.165) is 15.8 Å². The zero-order chi connectivity index (χ0) is 17.8. The van der Waals surface area contributed by atoms with Crippen LogP contribution in [0.5, 0.6) is 5.75 Å². The van der Waals surface area contributed by atoms with Crippen LogP contribution >= 0.6 is 11.3 Å². The van der Waals surface area contributed by atoms with Gasteiger partial charge in [0.05, 0.1) is 13.7 Å². The molecule has 0 aliphatic carbocycles. The molecule has 3 aromatic rings. The van der Waals surface area contributed by atoms with Gasteiger partial charge in [-0.1, -0.05) is 6.07 Å². The van der Waals surface area contributed by atoms with Gasteiger partial charge < -0.3 is 14.5 Å². The molecule has 1 N–H and O–H groups in total. The van der Waals surface area contributed by atoms with Crippen LogP contribution in [0, 0.1) is 6.92 Å². The number of hydrogen-bond donors (Lipinski definition) is 1. The lowest BCUT2D eigenvalue weighted by Gasteiger charge is -2.09. The van der Waals surface area contributed by atoms with Crippen LogP contribution in [0.25, 0.3) is 11.0 Å². The Hall–Kier alpha value is -2.60. The number of amides is 1.